The molecule has 0 aliphatic carbocycles. The minimum absolute atomic E-state index is 0.0134. The highest BCUT2D eigenvalue weighted by Gasteiger charge is 2.34. The van der Waals surface area contributed by atoms with Gasteiger partial charge in [0, 0.05) is 60.2 Å². The Morgan fingerprint density at radius 1 is 0.322 bits per heavy atom. The van der Waals surface area contributed by atoms with E-state index in [9.17, 15) is 57.5 Å². The van der Waals surface area contributed by atoms with Crippen LogP contribution in [0.4, 0.5) is 64.7 Å². The van der Waals surface area contributed by atoms with Crippen LogP contribution in [0.25, 0.3) is 0 Å². The largest absolute Gasteiger partial charge is 0.495 e. The zero-order valence-corrected chi connectivity index (χ0v) is 81.1. The molecule has 4 aliphatic rings. The third-order valence-electron chi connectivity index (χ3n) is 24.3. The molecule has 4 fully saturated rings. The van der Waals surface area contributed by atoms with Gasteiger partial charge in [-0.3, -0.25) is 19.2 Å². The molecule has 0 bridgehead atoms. The van der Waals surface area contributed by atoms with Crippen molar-refractivity contribution < 1.29 is 102 Å². The van der Waals surface area contributed by atoms with E-state index in [1.54, 1.807) is 163 Å². The summed E-state index contributed by atoms with van der Waals surface area (Å²) in [6, 6.07) is 80.8. The van der Waals surface area contributed by atoms with Crippen LogP contribution in [0.5, 0.6) is 28.7 Å². The lowest BCUT2D eigenvalue weighted by Gasteiger charge is -2.25. The summed E-state index contributed by atoms with van der Waals surface area (Å²) in [4.78, 5) is 153. The summed E-state index contributed by atoms with van der Waals surface area (Å²) in [7, 11) is 3.02. The molecule has 1 unspecified atom stereocenters. The van der Waals surface area contributed by atoms with Crippen LogP contribution in [0.15, 0.2) is 291 Å². The summed E-state index contributed by atoms with van der Waals surface area (Å²) in [6.07, 6.45) is 7.78. The second-order valence-corrected chi connectivity index (χ2v) is 34.9. The first kappa shape index (κ1) is 106. The van der Waals surface area contributed by atoms with Gasteiger partial charge in [0.15, 0.2) is 0 Å². The van der Waals surface area contributed by atoms with Crippen LogP contribution < -0.4 is 66.2 Å². The van der Waals surface area contributed by atoms with Crippen LogP contribution in [-0.4, -0.2) is 196 Å². The number of para-hydroxylation sites is 4. The number of nitrogens with one attached hydrogen (secondary N) is 8. The molecule has 0 saturated carbocycles. The van der Waals surface area contributed by atoms with Crippen molar-refractivity contribution in [1.82, 2.24) is 19.6 Å². The quantitative estimate of drug-likeness (QED) is 0.0180. The Balaban J connectivity index is 0.000000163. The number of nitrogens with zero attached hydrogens (tertiary/aromatic N) is 4. The number of halogens is 1. The Hall–Kier alpha value is -17.7. The van der Waals surface area contributed by atoms with E-state index in [0.29, 0.717) is 125 Å². The lowest BCUT2D eigenvalue weighted by Crippen LogP contribution is -2.39. The lowest BCUT2D eigenvalue weighted by atomic mass is 10.1. The molecule has 4 heterocycles. The molecule has 0 aromatic heterocycles. The van der Waals surface area contributed by atoms with Gasteiger partial charge in [-0.15, -0.1) is 0 Å². The van der Waals surface area contributed by atoms with E-state index < -0.39 is 42.0 Å². The average Bonchev–Trinajstić information content (AvgIpc) is 1.69. The molecule has 4 aliphatic heterocycles. The van der Waals surface area contributed by atoms with Gasteiger partial charge >= 0.3 is 48.0 Å². The molecule has 12 amide bonds. The number of carbonyl (C=O) groups is 12. The highest BCUT2D eigenvalue weighted by atomic mass is 35.5. The van der Waals surface area contributed by atoms with Crippen molar-refractivity contribution in [3.63, 3.8) is 0 Å². The maximum atomic E-state index is 13.1. The number of aryl methyl sites for hydroxylation is 1. The molecule has 33 nitrogen and oxygen atoms in total. The highest BCUT2D eigenvalue weighted by molar-refractivity contribution is 6.33. The Kier molecular flexibility index (Phi) is 38.2. The van der Waals surface area contributed by atoms with Crippen LogP contribution in [0.1, 0.15) is 126 Å². The van der Waals surface area contributed by atoms with Crippen molar-refractivity contribution in [2.75, 3.05) is 103 Å². The van der Waals surface area contributed by atoms with Crippen molar-refractivity contribution in [2.45, 2.75) is 108 Å². The van der Waals surface area contributed by atoms with Crippen molar-refractivity contribution in [3.05, 3.63) is 352 Å². The first-order chi connectivity index (χ1) is 70.6. The van der Waals surface area contributed by atoms with Crippen molar-refractivity contribution in [3.8, 4) is 40.6 Å². The fourth-order valence-electron chi connectivity index (χ4n) is 16.6. The van der Waals surface area contributed by atoms with Crippen LogP contribution in [0, 0.1) is 18.8 Å². The monoisotopic (exact) mass is 1990 g/mol. The Labute approximate surface area is 848 Å². The first-order valence-corrected chi connectivity index (χ1v) is 47.7. The number of urea groups is 4. The van der Waals surface area contributed by atoms with Crippen LogP contribution >= 0.6 is 11.6 Å². The van der Waals surface area contributed by atoms with Crippen LogP contribution in [-0.2, 0) is 44.9 Å². The second-order valence-electron chi connectivity index (χ2n) is 34.5. The maximum absolute atomic E-state index is 13.1. The van der Waals surface area contributed by atoms with Crippen molar-refractivity contribution in [1.29, 1.82) is 0 Å². The van der Waals surface area contributed by atoms with E-state index in [2.05, 4.69) is 54.4 Å². The molecule has 0 spiro atoms. The van der Waals surface area contributed by atoms with Gasteiger partial charge < -0.3 is 106 Å². The minimum atomic E-state index is -0.991. The number of carbonyl (C=O) groups excluding carboxylic acids is 8. The van der Waals surface area contributed by atoms with Gasteiger partial charge in [0.25, 0.3) is 0 Å². The number of aromatic carboxylic acids is 4. The van der Waals surface area contributed by atoms with E-state index in [0.717, 1.165) is 84.9 Å². The predicted molar refractivity (Wildman–Crippen MR) is 556 cm³/mol. The smallest absolute Gasteiger partial charge is 0.335 e. The number of rotatable bonds is 31. The summed E-state index contributed by atoms with van der Waals surface area (Å²) in [6.45, 7) is 5.61. The zero-order valence-electron chi connectivity index (χ0n) is 80.4. The average molecular weight is 2000 g/mol. The number of carboxylic acids is 4. The van der Waals surface area contributed by atoms with Crippen molar-refractivity contribution >= 4 is 129 Å². The third-order valence-corrected chi connectivity index (χ3v) is 24.6. The van der Waals surface area contributed by atoms with Crippen LogP contribution in [0.2, 0.25) is 5.02 Å². The summed E-state index contributed by atoms with van der Waals surface area (Å²) >= 11 is 6.07. The van der Waals surface area contributed by atoms with E-state index in [4.69, 9.17) is 55.7 Å². The molecular weight excluding hydrogens is 1880 g/mol. The molecule has 4 atom stereocenters. The number of likely N-dealkylation sites (tertiary alicyclic amines) is 4. The summed E-state index contributed by atoms with van der Waals surface area (Å²) < 4.78 is 28.4. The summed E-state index contributed by atoms with van der Waals surface area (Å²) in [5.74, 6) is 4.89. The molecule has 12 aromatic rings. The Bertz CT molecular complexity index is 6440. The van der Waals surface area contributed by atoms with E-state index >= 15 is 0 Å². The second kappa shape index (κ2) is 52.7. The number of anilines is 8. The zero-order chi connectivity index (χ0) is 103. The third kappa shape index (κ3) is 31.7. The fourth-order valence-corrected chi connectivity index (χ4v) is 16.8. The highest BCUT2D eigenvalue weighted by Crippen LogP contribution is 2.33. The number of methoxy groups -OCH3 is 2. The number of amides is 12. The Morgan fingerprint density at radius 2 is 0.623 bits per heavy atom. The number of carboxylic acid groups (broad SMARTS) is 4. The molecule has 4 saturated heterocycles. The van der Waals surface area contributed by atoms with Gasteiger partial charge in [0.1, 0.15) is 48.6 Å². The van der Waals surface area contributed by atoms with Crippen molar-refractivity contribution in [2.24, 2.45) is 0 Å². The number of hydrogen-bond donors (Lipinski definition) is 12. The number of hydrogen-bond acceptors (Lipinski definition) is 17. The molecule has 12 N–H and O–H groups in total. The van der Waals surface area contributed by atoms with E-state index in [-0.39, 0.29) is 102 Å². The molecule has 16 rings (SSSR count). The summed E-state index contributed by atoms with van der Waals surface area (Å²) in [5, 5.41) is 58.7. The normalized spacial score (nSPS) is 14.6. The molecule has 752 valence electrons. The van der Waals surface area contributed by atoms with Gasteiger partial charge in [0.2, 0.25) is 23.6 Å². The molecular formula is C112H111ClN12O21. The van der Waals surface area contributed by atoms with Gasteiger partial charge in [-0.25, -0.2) is 38.4 Å². The Morgan fingerprint density at radius 3 is 0.986 bits per heavy atom. The minimum Gasteiger partial charge on any atom is -0.495 e. The maximum Gasteiger partial charge on any atom is 0.335 e. The SMILES string of the molecule is COc1cc(CC(=O)N2CCCC2C#Cc2ccc(C(=O)O)cc2)ccc1NC(=O)Nc1ccccc1.COc1cc(CC(=O)N2CCC[C@H]2COc2ccc(C(=O)O)cc2)ccc1NC(=O)Nc1ccccc1.Cc1ccccc1NC(=O)Nc1ccc(CC(=O)N2CCC[C@H]2COc2ccc(C(=O)O)cc2)cc1.O=C(Nc1ccc(CC(=O)N2CCC[C@H]2COc2ccc(C(=O)O)cc2)cc1)Nc1ccccc1Cl. The summed E-state index contributed by atoms with van der Waals surface area (Å²) in [5.41, 5.74) is 10.5. The lowest BCUT2D eigenvalue weighted by molar-refractivity contribution is -0.132. The number of benzene rings is 12. The van der Waals surface area contributed by atoms with Gasteiger partial charge in [-0.1, -0.05) is 127 Å². The molecule has 0 radical (unpaired) electrons. The van der Waals surface area contributed by atoms with Gasteiger partial charge in [-0.05, 0) is 274 Å². The van der Waals surface area contributed by atoms with Crippen LogP contribution in [0.3, 0.4) is 0 Å². The molecule has 34 heteroatoms. The predicted octanol–water partition coefficient (Wildman–Crippen LogP) is 19.5. The number of ether oxygens (including phenoxy) is 5. The van der Waals surface area contributed by atoms with E-state index in [1.165, 1.54) is 62.8 Å². The van der Waals surface area contributed by atoms with E-state index in [1.807, 2.05) is 107 Å². The standard InChI is InChI=1S/C29H27N3O5.C28H29N3O6.C28H29N3O5.C27H26ClN3O5/c1-37-26-18-21(12-16-25(26)31-29(36)30-23-6-3-2-4-7-23)19-27(33)32-17-5-8-24(32)15-11-20-9-13-22(14-10-20)28(34)35;1-36-25-16-19(9-14-24(25)30-28(35)29-21-6-3-2-4-7-21)17-26(32)31-15-5-8-22(31)18-37-23-12-10-20(11-13-23)27(33)34;1-19-5-2-3-7-25(19)30-28(35)29-22-12-8-20(9-13-22)17-26(32)31-16-4-6-23(31)18-36-24-14-10-21(11-15-24)27(33)34;28-23-5-1-2-6-24(23)30-27(35)29-20-11-7-18(8-12-20)16-25(32)31-15-3-4-21(31)17-36-22-13-9-19(10-14-22)26(33)34/h2-4,6-7,9-10,12-14,16,18,24H,5,8,17,19H2,1H3,(H,34,35)(H2,30,31,36);2-4,6-7,9-14,16,22H,5,8,15,17-18H2,1H3,(H,33,34)(H2,29,30,35);2-3,5,7-15,23H,4,6,16-18H2,1H3,(H,33,34)(H2,29,30,35);1-2,5-14,21H,3-4,15-17H2,(H,33,34)(H2,29,30,35)/t;22-;23-;21-/m.000/s1. The van der Waals surface area contributed by atoms with Gasteiger partial charge in [0.05, 0.1) is 108 Å². The van der Waals surface area contributed by atoms with Gasteiger partial charge in [-0.2, -0.15) is 0 Å². The topological polar surface area (TPSA) is 441 Å². The molecule has 146 heavy (non-hydrogen) atoms. The molecule has 12 aromatic carbocycles. The first-order valence-electron chi connectivity index (χ1n) is 47.3. The fraction of sp³-hybridized carbons (Fsp3) is 0.232.